The molecule has 0 radical (unpaired) electrons. The number of nitrogens with one attached hydrogen (secondary N) is 4. The van der Waals surface area contributed by atoms with E-state index in [2.05, 4.69) is 21.3 Å². The molecule has 0 heterocycles. The number of aliphatic carboxylic acids is 1. The van der Waals surface area contributed by atoms with Crippen molar-refractivity contribution < 1.29 is 39.3 Å². The molecule has 0 aliphatic rings. The van der Waals surface area contributed by atoms with Gasteiger partial charge in [0.1, 0.15) is 12.1 Å². The topological polar surface area (TPSA) is 220 Å². The summed E-state index contributed by atoms with van der Waals surface area (Å²) in [7, 11) is 0. The van der Waals surface area contributed by atoms with Gasteiger partial charge in [0.25, 0.3) is 0 Å². The van der Waals surface area contributed by atoms with Crippen molar-refractivity contribution in [1.82, 2.24) is 21.3 Å². The Balaban J connectivity index is 2.72. The molecule has 0 bridgehead atoms. The molecule has 4 amide bonds. The van der Waals surface area contributed by atoms with E-state index in [0.717, 1.165) is 0 Å². The number of rotatable bonds is 13. The van der Waals surface area contributed by atoms with Gasteiger partial charge in [-0.3, -0.25) is 19.2 Å². The van der Waals surface area contributed by atoms with Gasteiger partial charge >= 0.3 is 5.97 Å². The fraction of sp³-hybridized carbons (Fsp3) is 0.476. The molecule has 1 rings (SSSR count). The van der Waals surface area contributed by atoms with Gasteiger partial charge in [0.2, 0.25) is 23.6 Å². The first-order valence-corrected chi connectivity index (χ1v) is 10.4. The van der Waals surface area contributed by atoms with Crippen LogP contribution in [0, 0.1) is 0 Å². The van der Waals surface area contributed by atoms with Gasteiger partial charge in [-0.25, -0.2) is 4.79 Å². The van der Waals surface area contributed by atoms with E-state index >= 15 is 0 Å². The van der Waals surface area contributed by atoms with Crippen LogP contribution in [-0.4, -0.2) is 88.3 Å². The maximum absolute atomic E-state index is 12.7. The summed E-state index contributed by atoms with van der Waals surface area (Å²) in [6.45, 7) is 1.49. The molecule has 0 aromatic heterocycles. The number of hydrogen-bond acceptors (Lipinski definition) is 8. The maximum atomic E-state index is 12.7. The van der Waals surface area contributed by atoms with Gasteiger partial charge in [-0.2, -0.15) is 0 Å². The molecule has 0 aliphatic carbocycles. The molecule has 0 fully saturated rings. The standard InChI is InChI=1S/C21H31N5O8/c1-11(27)17(22)20(32)24-9-15(29)23-10-16(30)25-14(8-13-6-4-3-5-7-13)19(31)26-18(12(2)28)21(33)34/h3-7,11-12,14,17-18,27-28H,8-10,22H2,1-2H3,(H,23,29)(H,24,32)(H,25,30)(H,26,31)(H,33,34)/t11-,12-,14+,17+,18+/m1/s1. The van der Waals surface area contributed by atoms with Crippen molar-refractivity contribution >= 4 is 29.6 Å². The molecule has 5 atom stereocenters. The van der Waals surface area contributed by atoms with Crippen molar-refractivity contribution in [1.29, 1.82) is 0 Å². The molecule has 1 aromatic carbocycles. The third-order valence-corrected chi connectivity index (χ3v) is 4.67. The summed E-state index contributed by atoms with van der Waals surface area (Å²) in [5.74, 6) is -4.50. The third kappa shape index (κ3) is 9.94. The second-order valence-electron chi connectivity index (χ2n) is 7.64. The summed E-state index contributed by atoms with van der Waals surface area (Å²) >= 11 is 0. The lowest BCUT2D eigenvalue weighted by molar-refractivity contribution is -0.145. The smallest absolute Gasteiger partial charge is 0.328 e. The first-order chi connectivity index (χ1) is 15.9. The first kappa shape index (κ1) is 28.5. The van der Waals surface area contributed by atoms with Crippen LogP contribution in [0.25, 0.3) is 0 Å². The highest BCUT2D eigenvalue weighted by Crippen LogP contribution is 2.05. The lowest BCUT2D eigenvalue weighted by Crippen LogP contribution is -2.56. The number of aliphatic hydroxyl groups excluding tert-OH is 2. The molecular weight excluding hydrogens is 450 g/mol. The van der Waals surface area contributed by atoms with E-state index in [0.29, 0.717) is 5.56 Å². The second-order valence-corrected chi connectivity index (χ2v) is 7.64. The van der Waals surface area contributed by atoms with Crippen LogP contribution in [-0.2, 0) is 30.4 Å². The summed E-state index contributed by atoms with van der Waals surface area (Å²) < 4.78 is 0. The minimum Gasteiger partial charge on any atom is -0.480 e. The molecule has 13 heteroatoms. The van der Waals surface area contributed by atoms with E-state index in [1.54, 1.807) is 30.3 Å². The fourth-order valence-electron chi connectivity index (χ4n) is 2.69. The first-order valence-electron chi connectivity index (χ1n) is 10.4. The second kappa shape index (κ2) is 13.9. The number of benzene rings is 1. The number of carboxylic acid groups (broad SMARTS) is 1. The maximum Gasteiger partial charge on any atom is 0.328 e. The number of carbonyl (C=O) groups is 5. The van der Waals surface area contributed by atoms with Crippen molar-refractivity contribution in [2.45, 2.75) is 50.6 Å². The average molecular weight is 482 g/mol. The summed E-state index contributed by atoms with van der Waals surface area (Å²) in [6, 6.07) is 4.61. The van der Waals surface area contributed by atoms with E-state index in [9.17, 15) is 39.3 Å². The van der Waals surface area contributed by atoms with Crippen LogP contribution in [0.2, 0.25) is 0 Å². The van der Waals surface area contributed by atoms with Crippen molar-refractivity contribution in [3.63, 3.8) is 0 Å². The predicted molar refractivity (Wildman–Crippen MR) is 119 cm³/mol. The predicted octanol–water partition coefficient (Wildman–Crippen LogP) is -3.40. The molecule has 9 N–H and O–H groups in total. The zero-order valence-electron chi connectivity index (χ0n) is 18.9. The Morgan fingerprint density at radius 3 is 1.97 bits per heavy atom. The van der Waals surface area contributed by atoms with Gasteiger partial charge < -0.3 is 42.3 Å². The largest absolute Gasteiger partial charge is 0.480 e. The summed E-state index contributed by atoms with van der Waals surface area (Å²) in [4.78, 5) is 59.8. The SMILES string of the molecule is C[C@@H](O)[C@H](N)C(=O)NCC(=O)NCC(=O)N[C@@H](Cc1ccccc1)C(=O)N[C@H](C(=O)O)[C@@H](C)O. The van der Waals surface area contributed by atoms with Crippen LogP contribution in [0.3, 0.4) is 0 Å². The molecule has 0 saturated heterocycles. The van der Waals surface area contributed by atoms with Crippen LogP contribution in [0.1, 0.15) is 19.4 Å². The van der Waals surface area contributed by atoms with Gasteiger partial charge in [0.05, 0.1) is 25.3 Å². The lowest BCUT2D eigenvalue weighted by Gasteiger charge is -2.23. The Bertz CT molecular complexity index is 862. The molecule has 1 aromatic rings. The molecular formula is C21H31N5O8. The highest BCUT2D eigenvalue weighted by molar-refractivity contribution is 5.93. The highest BCUT2D eigenvalue weighted by Gasteiger charge is 2.29. The third-order valence-electron chi connectivity index (χ3n) is 4.67. The molecule has 0 saturated carbocycles. The van der Waals surface area contributed by atoms with Crippen LogP contribution in [0.4, 0.5) is 0 Å². The van der Waals surface area contributed by atoms with Crippen molar-refractivity contribution in [2.24, 2.45) is 5.73 Å². The monoisotopic (exact) mass is 481 g/mol. The number of carboxylic acids is 1. The van der Waals surface area contributed by atoms with Gasteiger partial charge in [-0.1, -0.05) is 30.3 Å². The lowest BCUT2D eigenvalue weighted by atomic mass is 10.0. The van der Waals surface area contributed by atoms with Crippen LogP contribution in [0.5, 0.6) is 0 Å². The minimum absolute atomic E-state index is 0.0196. The molecule has 34 heavy (non-hydrogen) atoms. The van der Waals surface area contributed by atoms with Gasteiger partial charge in [0.15, 0.2) is 6.04 Å². The van der Waals surface area contributed by atoms with Crippen molar-refractivity contribution in [2.75, 3.05) is 13.1 Å². The van der Waals surface area contributed by atoms with E-state index in [1.807, 2.05) is 0 Å². The van der Waals surface area contributed by atoms with E-state index in [1.165, 1.54) is 13.8 Å². The molecule has 0 spiro atoms. The highest BCUT2D eigenvalue weighted by atomic mass is 16.4. The number of aliphatic hydroxyl groups is 2. The summed E-state index contributed by atoms with van der Waals surface area (Å²) in [5, 5.41) is 37.1. The van der Waals surface area contributed by atoms with Crippen LogP contribution < -0.4 is 27.0 Å². The van der Waals surface area contributed by atoms with Crippen LogP contribution >= 0.6 is 0 Å². The Hall–Kier alpha value is -3.55. The fourth-order valence-corrected chi connectivity index (χ4v) is 2.69. The molecule has 13 nitrogen and oxygen atoms in total. The Labute approximate surface area is 196 Å². The summed E-state index contributed by atoms with van der Waals surface area (Å²) in [5.41, 5.74) is 6.11. The zero-order valence-corrected chi connectivity index (χ0v) is 18.9. The molecule has 0 aliphatic heterocycles. The van der Waals surface area contributed by atoms with E-state index in [-0.39, 0.29) is 6.42 Å². The summed E-state index contributed by atoms with van der Waals surface area (Å²) in [6.07, 6.45) is -2.48. The van der Waals surface area contributed by atoms with E-state index in [4.69, 9.17) is 5.73 Å². The number of amides is 4. The van der Waals surface area contributed by atoms with Gasteiger partial charge in [-0.05, 0) is 19.4 Å². The number of carbonyl (C=O) groups excluding carboxylic acids is 4. The normalized spacial score (nSPS) is 15.1. The van der Waals surface area contributed by atoms with Gasteiger partial charge in [-0.15, -0.1) is 0 Å². The van der Waals surface area contributed by atoms with Crippen molar-refractivity contribution in [3.8, 4) is 0 Å². The van der Waals surface area contributed by atoms with Crippen LogP contribution in [0.15, 0.2) is 30.3 Å². The Morgan fingerprint density at radius 2 is 1.44 bits per heavy atom. The quantitative estimate of drug-likeness (QED) is 0.140. The number of hydrogen-bond donors (Lipinski definition) is 8. The minimum atomic E-state index is -1.58. The molecule has 188 valence electrons. The average Bonchev–Trinajstić information content (AvgIpc) is 2.78. The van der Waals surface area contributed by atoms with Gasteiger partial charge in [0, 0.05) is 6.42 Å². The Morgan fingerprint density at radius 1 is 0.853 bits per heavy atom. The van der Waals surface area contributed by atoms with E-state index < -0.39 is 73.0 Å². The Kier molecular flexibility index (Phi) is 11.6. The molecule has 0 unspecified atom stereocenters. The number of nitrogens with two attached hydrogens (primary N) is 1. The van der Waals surface area contributed by atoms with Crippen molar-refractivity contribution in [3.05, 3.63) is 35.9 Å². The zero-order chi connectivity index (χ0) is 25.8.